The fraction of sp³-hybridized carbons (Fsp3) is 0.867. The molecule has 0 radical (unpaired) electrons. The summed E-state index contributed by atoms with van der Waals surface area (Å²) in [4.78, 5) is 16.5. The van der Waals surface area contributed by atoms with Crippen LogP contribution in [0.1, 0.15) is 34.1 Å². The maximum atomic E-state index is 12.6. The molecular weight excluding hydrogens is 254 g/mol. The molecule has 1 heterocycles. The number of nitriles is 1. The fourth-order valence-electron chi connectivity index (χ4n) is 2.86. The highest BCUT2D eigenvalue weighted by Gasteiger charge is 2.35. The molecule has 1 aliphatic heterocycles. The number of carbonyl (C=O) groups is 1. The van der Waals surface area contributed by atoms with E-state index in [0.29, 0.717) is 13.0 Å². The van der Waals surface area contributed by atoms with E-state index in [9.17, 15) is 4.79 Å². The lowest BCUT2D eigenvalue weighted by Crippen LogP contribution is -2.57. The van der Waals surface area contributed by atoms with Gasteiger partial charge in [-0.2, -0.15) is 5.26 Å². The van der Waals surface area contributed by atoms with Crippen molar-refractivity contribution < 1.29 is 9.53 Å². The molecule has 0 unspecified atom stereocenters. The van der Waals surface area contributed by atoms with E-state index in [0.717, 1.165) is 13.1 Å². The van der Waals surface area contributed by atoms with Crippen LogP contribution in [0.4, 0.5) is 0 Å². The molecule has 0 aromatic heterocycles. The molecule has 1 rings (SSSR count). The number of rotatable bonds is 5. The lowest BCUT2D eigenvalue weighted by atomic mass is 9.99. The molecule has 0 aromatic rings. The van der Waals surface area contributed by atoms with Gasteiger partial charge in [-0.3, -0.25) is 9.69 Å². The smallest absolute Gasteiger partial charge is 0.239 e. The Kier molecular flexibility index (Phi) is 6.44. The van der Waals surface area contributed by atoms with Gasteiger partial charge in [0.15, 0.2) is 0 Å². The third-order valence-corrected chi connectivity index (χ3v) is 3.66. The van der Waals surface area contributed by atoms with Crippen molar-refractivity contribution in [3.8, 4) is 6.07 Å². The van der Waals surface area contributed by atoms with Gasteiger partial charge in [0.1, 0.15) is 0 Å². The summed E-state index contributed by atoms with van der Waals surface area (Å²) in [5.41, 5.74) is 0. The number of hydrogen-bond acceptors (Lipinski definition) is 4. The van der Waals surface area contributed by atoms with E-state index in [4.69, 9.17) is 10.00 Å². The molecule has 0 N–H and O–H groups in total. The van der Waals surface area contributed by atoms with Crippen molar-refractivity contribution in [3.63, 3.8) is 0 Å². The third kappa shape index (κ3) is 4.46. The molecule has 5 heteroatoms. The third-order valence-electron chi connectivity index (χ3n) is 3.66. The van der Waals surface area contributed by atoms with Crippen molar-refractivity contribution in [1.82, 2.24) is 9.80 Å². The maximum Gasteiger partial charge on any atom is 0.239 e. The SMILES string of the molecule is CC(C)[C@@H](C(=O)N(C)CCC#N)N1C[C@@H](C)O[C@H](C)C1. The van der Waals surface area contributed by atoms with E-state index in [-0.39, 0.29) is 30.1 Å². The molecule has 114 valence electrons. The molecule has 3 atom stereocenters. The highest BCUT2D eigenvalue weighted by atomic mass is 16.5. The quantitative estimate of drug-likeness (QED) is 0.766. The topological polar surface area (TPSA) is 56.6 Å². The summed E-state index contributed by atoms with van der Waals surface area (Å²) in [7, 11) is 1.78. The van der Waals surface area contributed by atoms with Gasteiger partial charge in [-0.15, -0.1) is 0 Å². The molecule has 1 amide bonds. The first-order valence-corrected chi connectivity index (χ1v) is 7.38. The van der Waals surface area contributed by atoms with Crippen LogP contribution in [0.15, 0.2) is 0 Å². The Balaban J connectivity index is 2.77. The second kappa shape index (κ2) is 7.61. The molecule has 20 heavy (non-hydrogen) atoms. The summed E-state index contributed by atoms with van der Waals surface area (Å²) in [6.07, 6.45) is 0.678. The minimum atomic E-state index is -0.132. The number of amides is 1. The van der Waals surface area contributed by atoms with Crippen LogP contribution in [-0.2, 0) is 9.53 Å². The zero-order chi connectivity index (χ0) is 15.3. The molecule has 0 aromatic carbocycles. The van der Waals surface area contributed by atoms with Crippen LogP contribution in [0, 0.1) is 17.2 Å². The van der Waals surface area contributed by atoms with E-state index < -0.39 is 0 Å². The number of likely N-dealkylation sites (N-methyl/N-ethyl adjacent to an activating group) is 1. The highest BCUT2D eigenvalue weighted by Crippen LogP contribution is 2.20. The van der Waals surface area contributed by atoms with Crippen molar-refractivity contribution in [1.29, 1.82) is 5.26 Å². The average Bonchev–Trinajstić information content (AvgIpc) is 2.34. The van der Waals surface area contributed by atoms with Crippen molar-refractivity contribution in [3.05, 3.63) is 0 Å². The van der Waals surface area contributed by atoms with Gasteiger partial charge in [-0.1, -0.05) is 13.8 Å². The van der Waals surface area contributed by atoms with Gasteiger partial charge in [0, 0.05) is 26.7 Å². The van der Waals surface area contributed by atoms with Crippen LogP contribution in [0.25, 0.3) is 0 Å². The highest BCUT2D eigenvalue weighted by molar-refractivity contribution is 5.82. The molecule has 5 nitrogen and oxygen atoms in total. The van der Waals surface area contributed by atoms with Crippen LogP contribution in [0.5, 0.6) is 0 Å². The Labute approximate surface area is 122 Å². The monoisotopic (exact) mass is 281 g/mol. The Hall–Kier alpha value is -1.12. The number of hydrogen-bond donors (Lipinski definition) is 0. The molecule has 0 spiro atoms. The largest absolute Gasteiger partial charge is 0.373 e. The van der Waals surface area contributed by atoms with Crippen LogP contribution in [0.2, 0.25) is 0 Å². The van der Waals surface area contributed by atoms with Gasteiger partial charge in [-0.05, 0) is 19.8 Å². The van der Waals surface area contributed by atoms with Gasteiger partial charge >= 0.3 is 0 Å². The Morgan fingerprint density at radius 1 is 1.40 bits per heavy atom. The second-order valence-electron chi connectivity index (χ2n) is 6.07. The average molecular weight is 281 g/mol. The molecular formula is C15H27N3O2. The molecule has 1 aliphatic rings. The molecule has 1 fully saturated rings. The first-order chi connectivity index (χ1) is 9.36. The summed E-state index contributed by atoms with van der Waals surface area (Å²) in [6, 6.07) is 1.96. The van der Waals surface area contributed by atoms with E-state index in [1.807, 2.05) is 13.8 Å². The summed E-state index contributed by atoms with van der Waals surface area (Å²) in [6.45, 7) is 10.3. The summed E-state index contributed by atoms with van der Waals surface area (Å²) in [5.74, 6) is 0.348. The predicted molar refractivity (Wildman–Crippen MR) is 78.1 cm³/mol. The van der Waals surface area contributed by atoms with Gasteiger partial charge in [0.05, 0.1) is 30.7 Å². The number of nitrogens with zero attached hydrogens (tertiary/aromatic N) is 3. The Morgan fingerprint density at radius 2 is 1.95 bits per heavy atom. The van der Waals surface area contributed by atoms with Gasteiger partial charge in [0.2, 0.25) is 5.91 Å². The molecule has 0 aliphatic carbocycles. The van der Waals surface area contributed by atoms with Gasteiger partial charge in [0.25, 0.3) is 0 Å². The van der Waals surface area contributed by atoms with Crippen LogP contribution >= 0.6 is 0 Å². The van der Waals surface area contributed by atoms with Crippen LogP contribution < -0.4 is 0 Å². The standard InChI is InChI=1S/C15H27N3O2/c1-11(2)14(15(19)17(5)8-6-7-16)18-9-12(3)20-13(4)10-18/h11-14H,6,8-10H2,1-5H3/t12-,13-,14+/m1/s1. The van der Waals surface area contributed by atoms with Crippen molar-refractivity contribution >= 4 is 5.91 Å². The van der Waals surface area contributed by atoms with E-state index >= 15 is 0 Å². The van der Waals surface area contributed by atoms with Crippen molar-refractivity contribution in [2.45, 2.75) is 52.4 Å². The Bertz CT molecular complexity index is 355. The maximum absolute atomic E-state index is 12.6. The lowest BCUT2D eigenvalue weighted by Gasteiger charge is -2.42. The lowest BCUT2D eigenvalue weighted by molar-refractivity contribution is -0.144. The minimum Gasteiger partial charge on any atom is -0.373 e. The van der Waals surface area contributed by atoms with Crippen LogP contribution in [0.3, 0.4) is 0 Å². The van der Waals surface area contributed by atoms with Crippen LogP contribution in [-0.4, -0.2) is 60.6 Å². The molecule has 0 saturated carbocycles. The zero-order valence-electron chi connectivity index (χ0n) is 13.3. The van der Waals surface area contributed by atoms with E-state index in [2.05, 4.69) is 24.8 Å². The predicted octanol–water partition coefficient (Wildman–Crippen LogP) is 1.49. The van der Waals surface area contributed by atoms with E-state index in [1.54, 1.807) is 11.9 Å². The number of ether oxygens (including phenoxy) is 1. The fourth-order valence-corrected chi connectivity index (χ4v) is 2.86. The molecule has 0 bridgehead atoms. The van der Waals surface area contributed by atoms with Gasteiger partial charge < -0.3 is 9.64 Å². The first-order valence-electron chi connectivity index (χ1n) is 7.38. The Morgan fingerprint density at radius 3 is 2.40 bits per heavy atom. The second-order valence-corrected chi connectivity index (χ2v) is 6.07. The molecule has 1 saturated heterocycles. The van der Waals surface area contributed by atoms with E-state index in [1.165, 1.54) is 0 Å². The summed E-state index contributed by atoms with van der Waals surface area (Å²) >= 11 is 0. The number of carbonyl (C=O) groups excluding carboxylic acids is 1. The summed E-state index contributed by atoms with van der Waals surface area (Å²) < 4.78 is 5.74. The minimum absolute atomic E-state index is 0.108. The van der Waals surface area contributed by atoms with Crippen molar-refractivity contribution in [2.24, 2.45) is 5.92 Å². The number of morpholine rings is 1. The summed E-state index contributed by atoms with van der Waals surface area (Å²) in [5, 5.41) is 8.65. The first kappa shape index (κ1) is 16.9. The normalized spacial score (nSPS) is 25.2. The zero-order valence-corrected chi connectivity index (χ0v) is 13.3. The van der Waals surface area contributed by atoms with Crippen molar-refractivity contribution in [2.75, 3.05) is 26.7 Å². The van der Waals surface area contributed by atoms with Gasteiger partial charge in [-0.25, -0.2) is 0 Å².